The first kappa shape index (κ1) is 15.0. The summed E-state index contributed by atoms with van der Waals surface area (Å²) in [6.45, 7) is 2.23. The summed E-state index contributed by atoms with van der Waals surface area (Å²) in [6.07, 6.45) is 0.656. The largest absolute Gasteiger partial charge is 0.486 e. The molecule has 2 N–H and O–H groups in total. The zero-order valence-electron chi connectivity index (χ0n) is 11.3. The minimum Gasteiger partial charge on any atom is -0.486 e. The number of hydrogen-bond acceptors (Lipinski definition) is 2. The molecule has 4 heteroatoms. The van der Waals surface area contributed by atoms with Gasteiger partial charge >= 0.3 is 0 Å². The average molecular weight is 338 g/mol. The second-order valence-electron chi connectivity index (χ2n) is 4.86. The maximum atomic E-state index is 13.9. The summed E-state index contributed by atoms with van der Waals surface area (Å²) in [5.41, 5.74) is 7.57. The van der Waals surface area contributed by atoms with E-state index in [1.54, 1.807) is 6.07 Å². The molecule has 20 heavy (non-hydrogen) atoms. The molecule has 0 spiro atoms. The van der Waals surface area contributed by atoms with E-state index in [-0.39, 0.29) is 17.6 Å². The lowest BCUT2D eigenvalue weighted by molar-refractivity contribution is 0.290. The van der Waals surface area contributed by atoms with Crippen LogP contribution in [0.3, 0.4) is 0 Å². The molecule has 0 aliphatic rings. The molecular weight excluding hydrogens is 321 g/mol. The highest BCUT2D eigenvalue weighted by Crippen LogP contribution is 2.21. The van der Waals surface area contributed by atoms with Crippen LogP contribution in [0.1, 0.15) is 18.1 Å². The van der Waals surface area contributed by atoms with E-state index < -0.39 is 0 Å². The van der Waals surface area contributed by atoms with Crippen molar-refractivity contribution in [3.63, 3.8) is 0 Å². The van der Waals surface area contributed by atoms with Crippen molar-refractivity contribution in [2.45, 2.75) is 26.0 Å². The van der Waals surface area contributed by atoms with Gasteiger partial charge in [0.2, 0.25) is 0 Å². The van der Waals surface area contributed by atoms with E-state index in [0.29, 0.717) is 13.0 Å². The van der Waals surface area contributed by atoms with Crippen molar-refractivity contribution < 1.29 is 9.13 Å². The van der Waals surface area contributed by atoms with E-state index in [1.165, 1.54) is 6.07 Å². The van der Waals surface area contributed by atoms with Gasteiger partial charge in [0.25, 0.3) is 0 Å². The maximum absolute atomic E-state index is 13.9. The SMILES string of the molecule is CC(N)Cc1ccc(OCc2cccc(Br)c2)c(F)c1. The first-order valence-corrected chi connectivity index (χ1v) is 7.25. The van der Waals surface area contributed by atoms with Gasteiger partial charge in [-0.3, -0.25) is 0 Å². The zero-order chi connectivity index (χ0) is 14.5. The number of rotatable bonds is 5. The number of nitrogens with two attached hydrogens (primary N) is 1. The first-order chi connectivity index (χ1) is 9.54. The fraction of sp³-hybridized carbons (Fsp3) is 0.250. The molecule has 0 aromatic heterocycles. The molecule has 0 bridgehead atoms. The van der Waals surface area contributed by atoms with Gasteiger partial charge in [-0.2, -0.15) is 0 Å². The Bertz CT molecular complexity index is 586. The van der Waals surface area contributed by atoms with E-state index in [2.05, 4.69) is 15.9 Å². The topological polar surface area (TPSA) is 35.2 Å². The molecule has 2 nitrogen and oxygen atoms in total. The molecule has 0 aliphatic carbocycles. The van der Waals surface area contributed by atoms with Crippen LogP contribution in [0.4, 0.5) is 4.39 Å². The Balaban J connectivity index is 2.03. The highest BCUT2D eigenvalue weighted by atomic mass is 79.9. The number of benzene rings is 2. The highest BCUT2D eigenvalue weighted by molar-refractivity contribution is 9.10. The third-order valence-electron chi connectivity index (χ3n) is 2.84. The lowest BCUT2D eigenvalue weighted by Crippen LogP contribution is -2.17. The number of hydrogen-bond donors (Lipinski definition) is 1. The van der Waals surface area contributed by atoms with Crippen LogP contribution in [0.2, 0.25) is 0 Å². The van der Waals surface area contributed by atoms with Crippen molar-refractivity contribution in [2.75, 3.05) is 0 Å². The van der Waals surface area contributed by atoms with Gasteiger partial charge in [0.1, 0.15) is 6.61 Å². The second kappa shape index (κ2) is 6.86. The number of halogens is 2. The molecule has 2 rings (SSSR count). The smallest absolute Gasteiger partial charge is 0.165 e. The monoisotopic (exact) mass is 337 g/mol. The van der Waals surface area contributed by atoms with Gasteiger partial charge in [-0.15, -0.1) is 0 Å². The van der Waals surface area contributed by atoms with Gasteiger partial charge in [0.15, 0.2) is 11.6 Å². The van der Waals surface area contributed by atoms with Crippen molar-refractivity contribution in [1.29, 1.82) is 0 Å². The molecule has 0 fully saturated rings. The fourth-order valence-electron chi connectivity index (χ4n) is 1.95. The molecule has 2 aromatic rings. The summed E-state index contributed by atoms with van der Waals surface area (Å²) in [5, 5.41) is 0. The van der Waals surface area contributed by atoms with Crippen LogP contribution < -0.4 is 10.5 Å². The molecule has 0 saturated heterocycles. The van der Waals surface area contributed by atoms with Gasteiger partial charge < -0.3 is 10.5 Å². The Kier molecular flexibility index (Phi) is 5.15. The average Bonchev–Trinajstić information content (AvgIpc) is 2.37. The van der Waals surface area contributed by atoms with Crippen LogP contribution in [0, 0.1) is 5.82 Å². The van der Waals surface area contributed by atoms with Crippen molar-refractivity contribution in [2.24, 2.45) is 5.73 Å². The molecule has 0 saturated carbocycles. The van der Waals surface area contributed by atoms with Crippen LogP contribution >= 0.6 is 15.9 Å². The van der Waals surface area contributed by atoms with E-state index in [4.69, 9.17) is 10.5 Å². The molecule has 0 heterocycles. The minimum absolute atomic E-state index is 0.0165. The summed E-state index contributed by atoms with van der Waals surface area (Å²) < 4.78 is 20.4. The van der Waals surface area contributed by atoms with E-state index in [0.717, 1.165) is 15.6 Å². The molecule has 0 amide bonds. The predicted octanol–water partition coefficient (Wildman–Crippen LogP) is 4.06. The molecule has 0 aliphatic heterocycles. The van der Waals surface area contributed by atoms with Gasteiger partial charge in [0.05, 0.1) is 0 Å². The predicted molar refractivity (Wildman–Crippen MR) is 82.2 cm³/mol. The third-order valence-corrected chi connectivity index (χ3v) is 3.33. The highest BCUT2D eigenvalue weighted by Gasteiger charge is 2.06. The summed E-state index contributed by atoms with van der Waals surface area (Å²) in [4.78, 5) is 0. The Morgan fingerprint density at radius 3 is 2.65 bits per heavy atom. The van der Waals surface area contributed by atoms with Crippen LogP contribution in [0.15, 0.2) is 46.9 Å². The van der Waals surface area contributed by atoms with Crippen molar-refractivity contribution in [1.82, 2.24) is 0 Å². The first-order valence-electron chi connectivity index (χ1n) is 6.46. The summed E-state index contributed by atoms with van der Waals surface area (Å²) in [7, 11) is 0. The van der Waals surface area contributed by atoms with Crippen LogP contribution in [0.25, 0.3) is 0 Å². The molecule has 2 aromatic carbocycles. The standard InChI is InChI=1S/C16H17BrFNO/c1-11(19)7-12-5-6-16(15(18)9-12)20-10-13-3-2-4-14(17)8-13/h2-6,8-9,11H,7,10,19H2,1H3. The van der Waals surface area contributed by atoms with Crippen LogP contribution in [0.5, 0.6) is 5.75 Å². The van der Waals surface area contributed by atoms with Gasteiger partial charge in [-0.25, -0.2) is 4.39 Å². The lowest BCUT2D eigenvalue weighted by atomic mass is 10.1. The molecule has 0 radical (unpaired) electrons. The van der Waals surface area contributed by atoms with Gasteiger partial charge in [-0.05, 0) is 48.7 Å². The molecule has 1 unspecified atom stereocenters. The van der Waals surface area contributed by atoms with E-state index in [9.17, 15) is 4.39 Å². The summed E-state index contributed by atoms with van der Waals surface area (Å²) in [5.74, 6) is -0.0865. The van der Waals surface area contributed by atoms with Crippen molar-refractivity contribution in [3.05, 3.63) is 63.9 Å². The van der Waals surface area contributed by atoms with Gasteiger partial charge in [-0.1, -0.05) is 34.1 Å². The van der Waals surface area contributed by atoms with Crippen molar-refractivity contribution >= 4 is 15.9 Å². The van der Waals surface area contributed by atoms with Crippen molar-refractivity contribution in [3.8, 4) is 5.75 Å². The lowest BCUT2D eigenvalue weighted by Gasteiger charge is -2.10. The summed E-state index contributed by atoms with van der Waals surface area (Å²) >= 11 is 3.39. The fourth-order valence-corrected chi connectivity index (χ4v) is 2.39. The minimum atomic E-state index is -0.349. The Hall–Kier alpha value is -1.39. The normalized spacial score (nSPS) is 12.2. The Labute approximate surface area is 126 Å². The second-order valence-corrected chi connectivity index (χ2v) is 5.78. The van der Waals surface area contributed by atoms with E-state index >= 15 is 0 Å². The molecule has 1 atom stereocenters. The van der Waals surface area contributed by atoms with Gasteiger partial charge in [0, 0.05) is 10.5 Å². The Morgan fingerprint density at radius 2 is 2.00 bits per heavy atom. The van der Waals surface area contributed by atoms with E-state index in [1.807, 2.05) is 37.3 Å². The quantitative estimate of drug-likeness (QED) is 0.892. The molecule has 106 valence electrons. The molecular formula is C16H17BrFNO. The van der Waals surface area contributed by atoms with Crippen LogP contribution in [-0.2, 0) is 13.0 Å². The number of ether oxygens (including phenoxy) is 1. The zero-order valence-corrected chi connectivity index (χ0v) is 12.9. The van der Waals surface area contributed by atoms with Crippen LogP contribution in [-0.4, -0.2) is 6.04 Å². The Morgan fingerprint density at radius 1 is 1.20 bits per heavy atom. The summed E-state index contributed by atoms with van der Waals surface area (Å²) in [6, 6.07) is 12.8. The third kappa shape index (κ3) is 4.32. The maximum Gasteiger partial charge on any atom is 0.165 e.